The summed E-state index contributed by atoms with van der Waals surface area (Å²) in [6, 6.07) is 20.8. The molecule has 3 heteroatoms. The summed E-state index contributed by atoms with van der Waals surface area (Å²) in [5, 5.41) is 2.13. The second-order valence-electron chi connectivity index (χ2n) is 4.27. The van der Waals surface area contributed by atoms with Gasteiger partial charge in [0.1, 0.15) is 6.10 Å². The number of halogens is 1. The number of hydrogen-bond acceptors (Lipinski definition) is 1. The van der Waals surface area contributed by atoms with Gasteiger partial charge in [0, 0.05) is 0 Å². The van der Waals surface area contributed by atoms with Gasteiger partial charge < -0.3 is 22.5 Å². The van der Waals surface area contributed by atoms with Crippen molar-refractivity contribution in [2.75, 3.05) is 20.2 Å². The Hall–Kier alpha value is -1.35. The van der Waals surface area contributed by atoms with Gasteiger partial charge >= 0.3 is 0 Å². The van der Waals surface area contributed by atoms with Crippen LogP contribution in [0.2, 0.25) is 0 Å². The molecule has 0 fully saturated rings. The highest BCUT2D eigenvalue weighted by Crippen LogP contribution is 2.25. The highest BCUT2D eigenvalue weighted by molar-refractivity contribution is 5.29. The molecule has 0 bridgehead atoms. The predicted molar refractivity (Wildman–Crippen MR) is 73.4 cm³/mol. The van der Waals surface area contributed by atoms with Crippen LogP contribution in [0.1, 0.15) is 17.2 Å². The van der Waals surface area contributed by atoms with Crippen LogP contribution in [0.3, 0.4) is 0 Å². The number of nitrogens with two attached hydrogens (primary N) is 1. The quantitative estimate of drug-likeness (QED) is 0.673. The molecular formula is C16H20ClNO. The van der Waals surface area contributed by atoms with Crippen molar-refractivity contribution in [3.8, 4) is 0 Å². The maximum Gasteiger partial charge on any atom is 0.108 e. The molecule has 0 spiro atoms. The van der Waals surface area contributed by atoms with E-state index in [1.54, 1.807) is 0 Å². The Morgan fingerprint density at radius 1 is 0.895 bits per heavy atom. The van der Waals surface area contributed by atoms with E-state index in [2.05, 4.69) is 60.9 Å². The Morgan fingerprint density at radius 3 is 1.79 bits per heavy atom. The first-order chi connectivity index (χ1) is 8.92. The van der Waals surface area contributed by atoms with Gasteiger partial charge in [0.2, 0.25) is 0 Å². The van der Waals surface area contributed by atoms with Crippen LogP contribution in [0.5, 0.6) is 0 Å². The summed E-state index contributed by atoms with van der Waals surface area (Å²) < 4.78 is 6.02. The summed E-state index contributed by atoms with van der Waals surface area (Å²) in [4.78, 5) is 0. The Morgan fingerprint density at radius 2 is 1.37 bits per heavy atom. The second kappa shape index (κ2) is 8.70. The normalized spacial score (nSPS) is 10.2. The molecule has 0 radical (unpaired) electrons. The summed E-state index contributed by atoms with van der Waals surface area (Å²) in [6.45, 7) is 1.74. The highest BCUT2D eigenvalue weighted by atomic mass is 35.5. The first-order valence-corrected chi connectivity index (χ1v) is 6.41. The predicted octanol–water partition coefficient (Wildman–Crippen LogP) is -1.01. The maximum absolute atomic E-state index is 6.02. The van der Waals surface area contributed by atoms with E-state index in [1.165, 1.54) is 11.1 Å². The van der Waals surface area contributed by atoms with Gasteiger partial charge in [0.15, 0.2) is 0 Å². The van der Waals surface area contributed by atoms with Gasteiger partial charge in [-0.25, -0.2) is 0 Å². The molecule has 0 aliphatic carbocycles. The lowest BCUT2D eigenvalue weighted by molar-refractivity contribution is -0.628. The lowest BCUT2D eigenvalue weighted by Crippen LogP contribution is -3.00. The molecule has 0 atom stereocenters. The third kappa shape index (κ3) is 4.67. The van der Waals surface area contributed by atoms with Gasteiger partial charge in [-0.15, -0.1) is 0 Å². The largest absolute Gasteiger partial charge is 1.00 e. The van der Waals surface area contributed by atoms with Gasteiger partial charge in [-0.1, -0.05) is 60.7 Å². The summed E-state index contributed by atoms with van der Waals surface area (Å²) in [5.74, 6) is 0. The molecule has 19 heavy (non-hydrogen) atoms. The van der Waals surface area contributed by atoms with Gasteiger partial charge in [-0.3, -0.25) is 0 Å². The van der Waals surface area contributed by atoms with E-state index in [9.17, 15) is 0 Å². The first kappa shape index (κ1) is 15.7. The van der Waals surface area contributed by atoms with E-state index in [1.807, 2.05) is 12.1 Å². The number of ether oxygens (including phenoxy) is 1. The standard InChI is InChI=1S/C16H19NO.ClH/c1-17-12-13-18-16(14-8-4-2-5-9-14)15-10-6-3-7-11-15;/h2-11,16-17H,12-13H2,1H3;1H. The van der Waals surface area contributed by atoms with Gasteiger partial charge in [0.25, 0.3) is 0 Å². The molecule has 0 aliphatic rings. The highest BCUT2D eigenvalue weighted by Gasteiger charge is 2.13. The van der Waals surface area contributed by atoms with Crippen LogP contribution in [0.4, 0.5) is 0 Å². The molecule has 0 amide bonds. The Labute approximate surface area is 121 Å². The van der Waals surface area contributed by atoms with Crippen molar-refractivity contribution in [3.63, 3.8) is 0 Å². The lowest BCUT2D eigenvalue weighted by Gasteiger charge is -2.18. The fourth-order valence-electron chi connectivity index (χ4n) is 1.94. The van der Waals surface area contributed by atoms with Crippen molar-refractivity contribution in [2.24, 2.45) is 0 Å². The molecule has 2 nitrogen and oxygen atoms in total. The summed E-state index contributed by atoms with van der Waals surface area (Å²) >= 11 is 0. The van der Waals surface area contributed by atoms with Gasteiger partial charge in [-0.05, 0) is 11.1 Å². The fourth-order valence-corrected chi connectivity index (χ4v) is 1.94. The topological polar surface area (TPSA) is 25.8 Å². The molecule has 0 heterocycles. The Kier molecular flexibility index (Phi) is 7.19. The number of likely N-dealkylation sites (N-methyl/N-ethyl adjacent to an activating group) is 1. The summed E-state index contributed by atoms with van der Waals surface area (Å²) in [5.41, 5.74) is 2.42. The van der Waals surface area contributed by atoms with Crippen LogP contribution in [0.25, 0.3) is 0 Å². The third-order valence-corrected chi connectivity index (χ3v) is 2.90. The molecule has 0 saturated heterocycles. The minimum Gasteiger partial charge on any atom is -1.00 e. The molecule has 2 aromatic rings. The van der Waals surface area contributed by atoms with Crippen LogP contribution in [0.15, 0.2) is 60.7 Å². The molecule has 2 aromatic carbocycles. The van der Waals surface area contributed by atoms with Crippen LogP contribution < -0.4 is 17.7 Å². The number of quaternary nitrogens is 1. The monoisotopic (exact) mass is 277 g/mol. The molecular weight excluding hydrogens is 258 g/mol. The number of hydrogen-bond donors (Lipinski definition) is 1. The fraction of sp³-hybridized carbons (Fsp3) is 0.250. The Bertz CT molecular complexity index is 407. The van der Waals surface area contributed by atoms with Gasteiger partial charge in [0.05, 0.1) is 20.2 Å². The van der Waals surface area contributed by atoms with Crippen LogP contribution in [-0.4, -0.2) is 20.2 Å². The Balaban J connectivity index is 0.00000180. The SMILES string of the molecule is C[NH2+]CCOC(c1ccccc1)c1ccccc1.[Cl-]. The van der Waals surface area contributed by atoms with E-state index in [4.69, 9.17) is 4.74 Å². The smallest absolute Gasteiger partial charge is 0.108 e. The maximum atomic E-state index is 6.02. The molecule has 0 aromatic heterocycles. The first-order valence-electron chi connectivity index (χ1n) is 6.41. The summed E-state index contributed by atoms with van der Waals surface area (Å²) in [6.07, 6.45) is 0.0346. The average Bonchev–Trinajstić information content (AvgIpc) is 2.46. The van der Waals surface area contributed by atoms with E-state index in [-0.39, 0.29) is 18.5 Å². The zero-order valence-corrected chi connectivity index (χ0v) is 11.9. The summed E-state index contributed by atoms with van der Waals surface area (Å²) in [7, 11) is 2.06. The molecule has 2 rings (SSSR count). The average molecular weight is 278 g/mol. The molecule has 0 aliphatic heterocycles. The van der Waals surface area contributed by atoms with Crippen LogP contribution in [-0.2, 0) is 4.74 Å². The molecule has 0 saturated carbocycles. The molecule has 102 valence electrons. The third-order valence-electron chi connectivity index (χ3n) is 2.90. The second-order valence-corrected chi connectivity index (χ2v) is 4.27. The zero-order valence-electron chi connectivity index (χ0n) is 11.1. The molecule has 2 N–H and O–H groups in total. The van der Waals surface area contributed by atoms with Crippen molar-refractivity contribution >= 4 is 0 Å². The minimum absolute atomic E-state index is 0. The van der Waals surface area contributed by atoms with E-state index >= 15 is 0 Å². The molecule has 0 unspecified atom stereocenters. The number of rotatable bonds is 6. The minimum atomic E-state index is 0. The van der Waals surface area contributed by atoms with Crippen LogP contribution >= 0.6 is 0 Å². The van der Waals surface area contributed by atoms with Crippen molar-refractivity contribution in [2.45, 2.75) is 6.10 Å². The van der Waals surface area contributed by atoms with Crippen LogP contribution in [0, 0.1) is 0 Å². The van der Waals surface area contributed by atoms with Crippen molar-refractivity contribution in [1.82, 2.24) is 0 Å². The van der Waals surface area contributed by atoms with Gasteiger partial charge in [-0.2, -0.15) is 0 Å². The van der Waals surface area contributed by atoms with Crippen molar-refractivity contribution in [3.05, 3.63) is 71.8 Å². The van der Waals surface area contributed by atoms with E-state index in [0.29, 0.717) is 0 Å². The zero-order chi connectivity index (χ0) is 12.6. The van der Waals surface area contributed by atoms with E-state index in [0.717, 1.165) is 13.2 Å². The van der Waals surface area contributed by atoms with Crippen molar-refractivity contribution in [1.29, 1.82) is 0 Å². The number of benzene rings is 2. The lowest BCUT2D eigenvalue weighted by atomic mass is 10.0. The van der Waals surface area contributed by atoms with E-state index < -0.39 is 0 Å². The van der Waals surface area contributed by atoms with Crippen molar-refractivity contribution < 1.29 is 22.5 Å².